The summed E-state index contributed by atoms with van der Waals surface area (Å²) in [4.78, 5) is 10.3. The Kier molecular flexibility index (Phi) is 38.2. The van der Waals surface area contributed by atoms with Gasteiger partial charge in [-0.15, -0.1) is 0 Å². The Hall–Kier alpha value is -0.705. The number of aliphatic carboxylic acids is 1. The van der Waals surface area contributed by atoms with E-state index in [2.05, 4.69) is 12.2 Å². The molecule has 0 amide bonds. The highest BCUT2D eigenvalue weighted by molar-refractivity contribution is 6.30. The molecule has 0 spiro atoms. The Balaban J connectivity index is -0.000000585. The largest absolute Gasteiger partial charge is 0.631 e. The zero-order valence-corrected chi connectivity index (χ0v) is 19.8. The topological polar surface area (TPSA) is 150 Å². The van der Waals surface area contributed by atoms with Gasteiger partial charge in [0.25, 0.3) is 0 Å². The van der Waals surface area contributed by atoms with Gasteiger partial charge < -0.3 is 35.7 Å². The zero-order valence-electron chi connectivity index (χ0n) is 19.8. The second-order valence-electron chi connectivity index (χ2n) is 7.64. The van der Waals surface area contributed by atoms with Crippen molar-refractivity contribution in [3.63, 3.8) is 0 Å². The smallest absolute Gasteiger partial charge is 0.481 e. The van der Waals surface area contributed by atoms with Crippen LogP contribution in [0.15, 0.2) is 0 Å². The number of aliphatic hydroxyl groups is 2. The maximum atomic E-state index is 10.3. The van der Waals surface area contributed by atoms with Crippen molar-refractivity contribution >= 4 is 13.3 Å². The molecule has 0 aromatic carbocycles. The van der Waals surface area contributed by atoms with Crippen LogP contribution < -0.4 is 5.32 Å². The molecule has 0 radical (unpaired) electrons. The molecule has 0 aromatic heterocycles. The lowest BCUT2D eigenvalue weighted by molar-refractivity contribution is -0.137. The van der Waals surface area contributed by atoms with Crippen LogP contribution >= 0.6 is 0 Å². The minimum Gasteiger partial charge on any atom is -0.481 e. The van der Waals surface area contributed by atoms with E-state index in [0.29, 0.717) is 19.5 Å². The standard InChI is InChI=1S/C18H36O2.C4H11NO2.BH3O3/c1-2-3-4-5-6-7-8-9-10-11-12-13-14-15-16-17-18(19)20;6-3-1-5-2-4-7;2-1(3)4/h2-17H2,1H3,(H,19,20);5-7H,1-4H2;2-4H. The molecule has 0 aliphatic carbocycles. The van der Waals surface area contributed by atoms with Crippen LogP contribution in [0.25, 0.3) is 0 Å². The average Bonchev–Trinajstić information content (AvgIpc) is 2.71. The van der Waals surface area contributed by atoms with Gasteiger partial charge in [0.05, 0.1) is 13.2 Å². The van der Waals surface area contributed by atoms with Gasteiger partial charge in [-0.25, -0.2) is 0 Å². The number of rotatable bonds is 20. The van der Waals surface area contributed by atoms with E-state index in [1.807, 2.05) is 0 Å². The van der Waals surface area contributed by atoms with Crippen LogP contribution in [-0.4, -0.2) is 70.0 Å². The summed E-state index contributed by atoms with van der Waals surface area (Å²) >= 11 is 0. The van der Waals surface area contributed by atoms with Crippen LogP contribution in [0, 0.1) is 0 Å². The molecule has 0 heterocycles. The van der Waals surface area contributed by atoms with Crippen LogP contribution in [-0.2, 0) is 4.79 Å². The number of carboxylic acid groups (broad SMARTS) is 1. The van der Waals surface area contributed by atoms with E-state index in [1.165, 1.54) is 83.5 Å². The van der Waals surface area contributed by atoms with Gasteiger partial charge >= 0.3 is 13.3 Å². The van der Waals surface area contributed by atoms with Gasteiger partial charge in [0, 0.05) is 19.5 Å². The minimum absolute atomic E-state index is 0.139. The monoisotopic (exact) mass is 451 g/mol. The van der Waals surface area contributed by atoms with Gasteiger partial charge in [-0.1, -0.05) is 96.8 Å². The Labute approximate surface area is 190 Å². The van der Waals surface area contributed by atoms with Crippen molar-refractivity contribution in [1.29, 1.82) is 0 Å². The number of carbonyl (C=O) groups is 1. The summed E-state index contributed by atoms with van der Waals surface area (Å²) in [7, 11) is -2.17. The summed E-state index contributed by atoms with van der Waals surface area (Å²) in [6.45, 7) is 3.69. The van der Waals surface area contributed by atoms with E-state index in [1.54, 1.807) is 0 Å². The predicted octanol–water partition coefficient (Wildman–Crippen LogP) is 2.84. The van der Waals surface area contributed by atoms with Crippen LogP contribution in [0.2, 0.25) is 0 Å². The molecule has 9 heteroatoms. The highest BCUT2D eigenvalue weighted by atomic mass is 16.5. The lowest BCUT2D eigenvalue weighted by atomic mass is 10.0. The van der Waals surface area contributed by atoms with Crippen molar-refractivity contribution in [1.82, 2.24) is 5.32 Å². The van der Waals surface area contributed by atoms with E-state index in [4.69, 9.17) is 30.4 Å². The molecule has 0 aromatic rings. The van der Waals surface area contributed by atoms with Gasteiger partial charge in [-0.2, -0.15) is 0 Å². The Morgan fingerprint density at radius 2 is 0.935 bits per heavy atom. The first-order chi connectivity index (χ1) is 14.9. The molecule has 0 unspecified atom stereocenters. The summed E-state index contributed by atoms with van der Waals surface area (Å²) in [6, 6.07) is 0. The van der Waals surface area contributed by atoms with Crippen LogP contribution in [0.4, 0.5) is 0 Å². The number of carboxylic acids is 1. The molecule has 0 aliphatic heterocycles. The molecule has 0 aliphatic rings. The fraction of sp³-hybridized carbons (Fsp3) is 0.955. The zero-order chi connectivity index (χ0) is 24.0. The number of hydrogen-bond donors (Lipinski definition) is 7. The van der Waals surface area contributed by atoms with Gasteiger partial charge in [-0.3, -0.25) is 4.79 Å². The molecule has 7 N–H and O–H groups in total. The molecule has 0 rings (SSSR count). The van der Waals surface area contributed by atoms with Gasteiger partial charge in [-0.05, 0) is 6.42 Å². The molecule has 0 fully saturated rings. The third-order valence-electron chi connectivity index (χ3n) is 4.57. The summed E-state index contributed by atoms with van der Waals surface area (Å²) in [5.74, 6) is -0.653. The molecular weight excluding hydrogens is 401 g/mol. The molecule has 0 bridgehead atoms. The van der Waals surface area contributed by atoms with Gasteiger partial charge in [0.1, 0.15) is 0 Å². The first-order valence-corrected chi connectivity index (χ1v) is 12.1. The van der Waals surface area contributed by atoms with Crippen molar-refractivity contribution in [3.8, 4) is 0 Å². The molecule has 0 saturated heterocycles. The number of unbranched alkanes of at least 4 members (excludes halogenated alkanes) is 14. The van der Waals surface area contributed by atoms with Crippen molar-refractivity contribution in [2.24, 2.45) is 0 Å². The van der Waals surface area contributed by atoms with Crippen molar-refractivity contribution in [3.05, 3.63) is 0 Å². The van der Waals surface area contributed by atoms with Gasteiger partial charge in [0.15, 0.2) is 0 Å². The average molecular weight is 451 g/mol. The summed E-state index contributed by atoms with van der Waals surface area (Å²) < 4.78 is 0. The quantitative estimate of drug-likeness (QED) is 0.110. The summed E-state index contributed by atoms with van der Waals surface area (Å²) in [6.07, 6.45) is 20.2. The molecule has 188 valence electrons. The van der Waals surface area contributed by atoms with E-state index in [-0.39, 0.29) is 13.2 Å². The summed E-state index contributed by atoms with van der Waals surface area (Å²) in [5.41, 5.74) is 0. The second kappa shape index (κ2) is 33.9. The second-order valence-corrected chi connectivity index (χ2v) is 7.64. The van der Waals surface area contributed by atoms with Gasteiger partial charge in [0.2, 0.25) is 0 Å². The van der Waals surface area contributed by atoms with E-state index < -0.39 is 13.3 Å². The maximum absolute atomic E-state index is 10.3. The molecule has 8 nitrogen and oxygen atoms in total. The molecule has 31 heavy (non-hydrogen) atoms. The first kappa shape index (κ1) is 34.9. The third kappa shape index (κ3) is 53.0. The maximum Gasteiger partial charge on any atom is 0.631 e. The number of nitrogens with one attached hydrogen (secondary N) is 1. The minimum atomic E-state index is -2.17. The number of aliphatic hydroxyl groups excluding tert-OH is 2. The van der Waals surface area contributed by atoms with Crippen molar-refractivity contribution < 1.29 is 35.2 Å². The number of hydrogen-bond acceptors (Lipinski definition) is 7. The molecule has 0 atom stereocenters. The van der Waals surface area contributed by atoms with Crippen LogP contribution in [0.3, 0.4) is 0 Å². The normalized spacial score (nSPS) is 10.0. The lowest BCUT2D eigenvalue weighted by Crippen LogP contribution is -2.21. The van der Waals surface area contributed by atoms with Crippen molar-refractivity contribution in [2.75, 3.05) is 26.3 Å². The first-order valence-electron chi connectivity index (χ1n) is 12.1. The Morgan fingerprint density at radius 1 is 0.645 bits per heavy atom. The van der Waals surface area contributed by atoms with Crippen molar-refractivity contribution in [2.45, 2.75) is 110 Å². The van der Waals surface area contributed by atoms with E-state index in [9.17, 15) is 4.79 Å². The SMILES string of the molecule is CCCCCCCCCCCCCCCCCC(=O)O.OB(O)O.OCCNCCO. The van der Waals surface area contributed by atoms with Crippen LogP contribution in [0.5, 0.6) is 0 Å². The summed E-state index contributed by atoms with van der Waals surface area (Å²) in [5, 5.41) is 49.1. The fourth-order valence-electron chi connectivity index (χ4n) is 2.93. The third-order valence-corrected chi connectivity index (χ3v) is 4.57. The molecule has 0 saturated carbocycles. The lowest BCUT2D eigenvalue weighted by Gasteiger charge is -2.03. The van der Waals surface area contributed by atoms with E-state index in [0.717, 1.165) is 12.8 Å². The Bertz CT molecular complexity index is 317. The Morgan fingerprint density at radius 3 is 1.19 bits per heavy atom. The highest BCUT2D eigenvalue weighted by Crippen LogP contribution is 2.13. The van der Waals surface area contributed by atoms with Crippen LogP contribution in [0.1, 0.15) is 110 Å². The molecular formula is C22H50BNO7. The van der Waals surface area contributed by atoms with E-state index >= 15 is 0 Å². The highest BCUT2D eigenvalue weighted by Gasteiger charge is 1.97. The fourth-order valence-corrected chi connectivity index (χ4v) is 2.93. The predicted molar refractivity (Wildman–Crippen MR) is 127 cm³/mol.